The Morgan fingerprint density at radius 2 is 1.88 bits per heavy atom. The van der Waals surface area contributed by atoms with Gasteiger partial charge in [-0.1, -0.05) is 30.3 Å². The molecule has 2 fully saturated rings. The molecule has 0 radical (unpaired) electrons. The molecule has 1 unspecified atom stereocenters. The molecular formula is C25H33N5O4. The number of aryl methyl sites for hydroxylation is 1. The van der Waals surface area contributed by atoms with E-state index in [1.165, 1.54) is 0 Å². The number of benzene rings is 1. The molecule has 2 aliphatic rings. The minimum Gasteiger partial charge on any atom is -0.370 e. The number of aromatic nitrogens is 2. The number of rotatable bonds is 9. The number of likely N-dealkylation sites (tertiary alicyclic amines) is 1. The van der Waals surface area contributed by atoms with Crippen molar-refractivity contribution in [3.63, 3.8) is 0 Å². The van der Waals surface area contributed by atoms with E-state index in [0.29, 0.717) is 57.7 Å². The summed E-state index contributed by atoms with van der Waals surface area (Å²) in [5.74, 6) is -0.128. The summed E-state index contributed by atoms with van der Waals surface area (Å²) in [6.07, 6.45) is 5.17. The zero-order valence-corrected chi connectivity index (χ0v) is 19.8. The van der Waals surface area contributed by atoms with E-state index in [-0.39, 0.29) is 30.4 Å². The Morgan fingerprint density at radius 3 is 2.59 bits per heavy atom. The van der Waals surface area contributed by atoms with Gasteiger partial charge in [-0.05, 0) is 25.3 Å². The highest BCUT2D eigenvalue weighted by Crippen LogP contribution is 2.16. The Labute approximate surface area is 200 Å². The summed E-state index contributed by atoms with van der Waals surface area (Å²) in [6.45, 7) is 5.76. The molecule has 2 aromatic rings. The first kappa shape index (κ1) is 23.9. The lowest BCUT2D eigenvalue weighted by atomic mass is 10.2. The SMILES string of the molecule is CCn1cc(C(=O)N2CC(=O)N(CCCN3CCCC3=O)CC(OCc3ccccc3)C2)cn1. The van der Waals surface area contributed by atoms with Crippen molar-refractivity contribution in [1.82, 2.24) is 24.5 Å². The molecule has 9 heteroatoms. The Kier molecular flexibility index (Phi) is 7.95. The van der Waals surface area contributed by atoms with E-state index >= 15 is 0 Å². The van der Waals surface area contributed by atoms with Gasteiger partial charge < -0.3 is 19.4 Å². The van der Waals surface area contributed by atoms with E-state index in [4.69, 9.17) is 4.74 Å². The van der Waals surface area contributed by atoms with Crippen LogP contribution >= 0.6 is 0 Å². The predicted octanol–water partition coefficient (Wildman–Crippen LogP) is 1.79. The van der Waals surface area contributed by atoms with Crippen molar-refractivity contribution in [3.8, 4) is 0 Å². The van der Waals surface area contributed by atoms with Crippen LogP contribution in [0.5, 0.6) is 0 Å². The molecule has 0 bridgehead atoms. The highest BCUT2D eigenvalue weighted by Gasteiger charge is 2.32. The van der Waals surface area contributed by atoms with E-state index in [1.54, 1.807) is 26.9 Å². The Hall–Kier alpha value is -3.20. The van der Waals surface area contributed by atoms with Gasteiger partial charge in [0.05, 0.1) is 24.5 Å². The van der Waals surface area contributed by atoms with Gasteiger partial charge in [-0.3, -0.25) is 19.1 Å². The molecule has 3 heterocycles. The van der Waals surface area contributed by atoms with Crippen molar-refractivity contribution < 1.29 is 19.1 Å². The van der Waals surface area contributed by atoms with Gasteiger partial charge in [0.1, 0.15) is 6.54 Å². The fourth-order valence-corrected chi connectivity index (χ4v) is 4.47. The minimum atomic E-state index is -0.315. The van der Waals surface area contributed by atoms with Crippen LogP contribution in [0.25, 0.3) is 0 Å². The zero-order valence-electron chi connectivity index (χ0n) is 19.8. The lowest BCUT2D eigenvalue weighted by molar-refractivity contribution is -0.131. The van der Waals surface area contributed by atoms with Crippen molar-refractivity contribution in [1.29, 1.82) is 0 Å². The largest absolute Gasteiger partial charge is 0.370 e. The number of hydrogen-bond acceptors (Lipinski definition) is 5. The van der Waals surface area contributed by atoms with Crippen LogP contribution in [0.4, 0.5) is 0 Å². The molecule has 182 valence electrons. The molecule has 3 amide bonds. The molecule has 0 saturated carbocycles. The van der Waals surface area contributed by atoms with Crippen molar-refractivity contribution in [2.75, 3.05) is 39.3 Å². The topological polar surface area (TPSA) is 88.0 Å². The maximum Gasteiger partial charge on any atom is 0.257 e. The first-order valence-corrected chi connectivity index (χ1v) is 12.1. The van der Waals surface area contributed by atoms with E-state index < -0.39 is 0 Å². The highest BCUT2D eigenvalue weighted by atomic mass is 16.5. The van der Waals surface area contributed by atoms with E-state index in [9.17, 15) is 14.4 Å². The number of hydrogen-bond donors (Lipinski definition) is 0. The van der Waals surface area contributed by atoms with Crippen LogP contribution < -0.4 is 0 Å². The van der Waals surface area contributed by atoms with Crippen molar-refractivity contribution in [2.24, 2.45) is 0 Å². The third kappa shape index (κ3) is 6.02. The van der Waals surface area contributed by atoms with Crippen molar-refractivity contribution in [2.45, 2.75) is 45.4 Å². The molecular weight excluding hydrogens is 434 g/mol. The van der Waals surface area contributed by atoms with E-state index in [0.717, 1.165) is 18.5 Å². The van der Waals surface area contributed by atoms with Gasteiger partial charge in [0.25, 0.3) is 5.91 Å². The summed E-state index contributed by atoms with van der Waals surface area (Å²) in [5, 5.41) is 4.20. The second-order valence-electron chi connectivity index (χ2n) is 8.87. The molecule has 0 aliphatic carbocycles. The predicted molar refractivity (Wildman–Crippen MR) is 126 cm³/mol. The summed E-state index contributed by atoms with van der Waals surface area (Å²) >= 11 is 0. The fraction of sp³-hybridized carbons (Fsp3) is 0.520. The van der Waals surface area contributed by atoms with Crippen LogP contribution in [0.15, 0.2) is 42.7 Å². The van der Waals surface area contributed by atoms with Crippen LogP contribution in [0.1, 0.15) is 42.1 Å². The maximum atomic E-state index is 13.2. The lowest BCUT2D eigenvalue weighted by Crippen LogP contribution is -2.40. The Balaban J connectivity index is 1.43. The van der Waals surface area contributed by atoms with E-state index in [1.807, 2.05) is 42.2 Å². The third-order valence-electron chi connectivity index (χ3n) is 6.37. The molecule has 0 spiro atoms. The summed E-state index contributed by atoms with van der Waals surface area (Å²) < 4.78 is 7.89. The summed E-state index contributed by atoms with van der Waals surface area (Å²) in [7, 11) is 0. The maximum absolute atomic E-state index is 13.2. The molecule has 4 rings (SSSR count). The zero-order chi connectivity index (χ0) is 23.9. The molecule has 0 N–H and O–H groups in total. The van der Waals surface area contributed by atoms with Gasteiger partial charge in [0.15, 0.2) is 0 Å². The molecule has 9 nitrogen and oxygen atoms in total. The van der Waals surface area contributed by atoms with Crippen molar-refractivity contribution >= 4 is 17.7 Å². The van der Waals surface area contributed by atoms with Gasteiger partial charge in [-0.25, -0.2) is 0 Å². The average Bonchev–Trinajstić information content (AvgIpc) is 3.46. The van der Waals surface area contributed by atoms with Crippen molar-refractivity contribution in [3.05, 3.63) is 53.9 Å². The average molecular weight is 468 g/mol. The first-order valence-electron chi connectivity index (χ1n) is 12.1. The van der Waals surface area contributed by atoms with Crippen LogP contribution in [0.2, 0.25) is 0 Å². The molecule has 1 atom stereocenters. The van der Waals surface area contributed by atoms with Gasteiger partial charge in [-0.2, -0.15) is 5.10 Å². The molecule has 2 saturated heterocycles. The number of amides is 3. The third-order valence-corrected chi connectivity index (χ3v) is 6.37. The number of nitrogens with zero attached hydrogens (tertiary/aromatic N) is 5. The Bertz CT molecular complexity index is 992. The molecule has 34 heavy (non-hydrogen) atoms. The quantitative estimate of drug-likeness (QED) is 0.561. The van der Waals surface area contributed by atoms with Crippen LogP contribution in [0, 0.1) is 0 Å². The summed E-state index contributed by atoms with van der Waals surface area (Å²) in [4.78, 5) is 43.4. The number of carbonyl (C=O) groups excluding carboxylic acids is 3. The first-order chi connectivity index (χ1) is 16.5. The van der Waals surface area contributed by atoms with Crippen LogP contribution in [-0.4, -0.2) is 87.6 Å². The normalized spacial score (nSPS) is 19.1. The minimum absolute atomic E-state index is 0.00395. The fourth-order valence-electron chi connectivity index (χ4n) is 4.47. The van der Waals surface area contributed by atoms with Gasteiger partial charge >= 0.3 is 0 Å². The monoisotopic (exact) mass is 467 g/mol. The summed E-state index contributed by atoms with van der Waals surface area (Å²) in [6, 6.07) is 9.87. The number of carbonyl (C=O) groups is 3. The van der Waals surface area contributed by atoms with Gasteiger partial charge in [0, 0.05) is 51.9 Å². The second-order valence-corrected chi connectivity index (χ2v) is 8.87. The van der Waals surface area contributed by atoms with E-state index in [2.05, 4.69) is 5.10 Å². The summed E-state index contributed by atoms with van der Waals surface area (Å²) in [5.41, 5.74) is 1.51. The van der Waals surface area contributed by atoms with Crippen LogP contribution in [-0.2, 0) is 27.5 Å². The molecule has 2 aliphatic heterocycles. The van der Waals surface area contributed by atoms with Crippen LogP contribution in [0.3, 0.4) is 0 Å². The standard InChI is InChI=1S/C25H33N5O4/c1-2-30-15-21(14-26-30)25(33)29-17-22(34-19-20-8-4-3-5-9-20)16-28(24(32)18-29)13-7-12-27-11-6-10-23(27)31/h3-5,8-9,14-15,22H,2,6-7,10-13,16-19H2,1H3. The molecule has 1 aromatic carbocycles. The second kappa shape index (κ2) is 11.3. The highest BCUT2D eigenvalue weighted by molar-refractivity contribution is 5.96. The smallest absolute Gasteiger partial charge is 0.257 e. The Morgan fingerprint density at radius 1 is 1.09 bits per heavy atom. The lowest BCUT2D eigenvalue weighted by Gasteiger charge is -2.25. The van der Waals surface area contributed by atoms with Gasteiger partial charge in [0.2, 0.25) is 11.8 Å². The van der Waals surface area contributed by atoms with Gasteiger partial charge in [-0.15, -0.1) is 0 Å². The molecule has 1 aromatic heterocycles. The number of ether oxygens (including phenoxy) is 1.